The van der Waals surface area contributed by atoms with E-state index >= 15 is 0 Å². The van der Waals surface area contributed by atoms with Gasteiger partial charge in [0.2, 0.25) is 17.8 Å². The second-order valence-electron chi connectivity index (χ2n) is 7.93. The summed E-state index contributed by atoms with van der Waals surface area (Å²) in [5, 5.41) is 23.9. The fraction of sp³-hybridized carbons (Fsp3) is 0.0435. The van der Waals surface area contributed by atoms with E-state index in [2.05, 4.69) is 25.8 Å². The number of nitrogens with two attached hydrogens (primary N) is 1. The van der Waals surface area contributed by atoms with Gasteiger partial charge in [-0.2, -0.15) is 13.2 Å². The van der Waals surface area contributed by atoms with Crippen LogP contribution in [0, 0.1) is 5.21 Å². The van der Waals surface area contributed by atoms with Crippen LogP contribution in [0.4, 0.5) is 35.2 Å². The molecular weight excluding hydrogens is 507 g/mol. The number of amides is 2. The number of nitrogens with one attached hydrogen (secondary N) is 2. The van der Waals surface area contributed by atoms with Gasteiger partial charge in [0.15, 0.2) is 10.8 Å². The molecule has 0 fully saturated rings. The zero-order valence-corrected chi connectivity index (χ0v) is 19.0. The number of halogens is 3. The van der Waals surface area contributed by atoms with Crippen molar-refractivity contribution in [2.75, 3.05) is 16.4 Å². The van der Waals surface area contributed by atoms with Crippen molar-refractivity contribution < 1.29 is 22.7 Å². The number of alkyl halides is 3. The summed E-state index contributed by atoms with van der Waals surface area (Å²) in [4.78, 5) is 28.9. The highest BCUT2D eigenvalue weighted by Gasteiger charge is 2.31. The Morgan fingerprint density at radius 3 is 2.42 bits per heavy atom. The maximum atomic E-state index is 13.3. The molecule has 3 heterocycles. The number of hydrogen-bond donors (Lipinski definition) is 3. The molecule has 0 atom stereocenters. The molecule has 4 N–H and O–H groups in total. The summed E-state index contributed by atoms with van der Waals surface area (Å²) in [6.07, 6.45) is 0.347. The number of nitrogen functional groups attached to an aromatic ring is 1. The number of urea groups is 1. The molecule has 0 bridgehead atoms. The van der Waals surface area contributed by atoms with Crippen LogP contribution in [0.25, 0.3) is 22.4 Å². The highest BCUT2D eigenvalue weighted by Crippen LogP contribution is 2.33. The van der Waals surface area contributed by atoms with Gasteiger partial charge in [-0.15, -0.1) is 10.2 Å². The molecule has 0 saturated carbocycles. The number of carbonyl (C=O) groups excluding carboxylic acids is 1. The van der Waals surface area contributed by atoms with Crippen LogP contribution in [0.5, 0.6) is 0 Å². The van der Waals surface area contributed by atoms with Gasteiger partial charge in [0.1, 0.15) is 12.7 Å². The zero-order chi connectivity index (χ0) is 27.0. The van der Waals surface area contributed by atoms with E-state index in [9.17, 15) is 28.0 Å². The Kier molecular flexibility index (Phi) is 5.87. The van der Waals surface area contributed by atoms with Crippen molar-refractivity contribution in [2.24, 2.45) is 0 Å². The minimum Gasteiger partial charge on any atom is -0.740 e. The predicted octanol–water partition coefficient (Wildman–Crippen LogP) is 2.84. The van der Waals surface area contributed by atoms with Crippen LogP contribution in [0.2, 0.25) is 0 Å². The molecule has 0 spiro atoms. The van der Waals surface area contributed by atoms with Crippen LogP contribution in [0.3, 0.4) is 0 Å². The van der Waals surface area contributed by atoms with Crippen LogP contribution in [-0.4, -0.2) is 30.3 Å². The molecule has 0 radical (unpaired) electrons. The molecule has 2 amide bonds. The third-order valence-corrected chi connectivity index (χ3v) is 5.52. The first-order valence-electron chi connectivity index (χ1n) is 10.8. The van der Waals surface area contributed by atoms with Gasteiger partial charge in [-0.1, -0.05) is 4.98 Å². The van der Waals surface area contributed by atoms with E-state index in [0.717, 1.165) is 18.5 Å². The fourth-order valence-electron chi connectivity index (χ4n) is 3.73. The average molecular weight is 523 g/mol. The zero-order valence-electron chi connectivity index (χ0n) is 19.0. The molecule has 5 aromatic rings. The second-order valence-corrected chi connectivity index (χ2v) is 7.93. The molecule has 15 heteroatoms. The molecule has 0 aliphatic carbocycles. The van der Waals surface area contributed by atoms with Crippen molar-refractivity contribution in [1.29, 1.82) is 0 Å². The molecule has 0 aliphatic heterocycles. The lowest BCUT2D eigenvalue weighted by Crippen LogP contribution is -2.33. The van der Waals surface area contributed by atoms with Crippen LogP contribution in [0.15, 0.2) is 78.5 Å². The first kappa shape index (κ1) is 24.2. The van der Waals surface area contributed by atoms with E-state index < -0.39 is 23.2 Å². The molecule has 3 aromatic heterocycles. The highest BCUT2D eigenvalue weighted by molar-refractivity contribution is 6.01. The Hall–Kier alpha value is -5.47. The van der Waals surface area contributed by atoms with E-state index in [1.54, 1.807) is 12.1 Å². The minimum atomic E-state index is -4.62. The van der Waals surface area contributed by atoms with Crippen molar-refractivity contribution in [2.45, 2.75) is 6.18 Å². The van der Waals surface area contributed by atoms with Crippen molar-refractivity contribution in [1.82, 2.24) is 24.3 Å². The Labute approximate surface area is 210 Å². The quantitative estimate of drug-likeness (QED) is 0.241. The molecule has 192 valence electrons. The second kappa shape index (κ2) is 9.20. The monoisotopic (exact) mass is 523 g/mol. The molecule has 38 heavy (non-hydrogen) atoms. The predicted molar refractivity (Wildman–Crippen MR) is 130 cm³/mol. The summed E-state index contributed by atoms with van der Waals surface area (Å²) in [6.45, 7) is 0. The van der Waals surface area contributed by atoms with Crippen molar-refractivity contribution >= 4 is 34.3 Å². The lowest BCUT2D eigenvalue weighted by molar-refractivity contribution is -0.591. The normalized spacial score (nSPS) is 11.4. The summed E-state index contributed by atoms with van der Waals surface area (Å²) in [7, 11) is 0. The third kappa shape index (κ3) is 4.55. The van der Waals surface area contributed by atoms with Gasteiger partial charge < -0.3 is 21.6 Å². The van der Waals surface area contributed by atoms with Gasteiger partial charge in [0.25, 0.3) is 0 Å². The largest absolute Gasteiger partial charge is 0.740 e. The van der Waals surface area contributed by atoms with Gasteiger partial charge in [-0.05, 0) is 42.5 Å². The maximum absolute atomic E-state index is 13.3. The number of anilines is 3. The fourth-order valence-corrected chi connectivity index (χ4v) is 3.73. The first-order chi connectivity index (χ1) is 18.1. The van der Waals surface area contributed by atoms with Gasteiger partial charge in [-0.25, -0.2) is 4.79 Å². The van der Waals surface area contributed by atoms with E-state index in [1.165, 1.54) is 52.3 Å². The van der Waals surface area contributed by atoms with Crippen LogP contribution < -0.4 is 26.5 Å². The van der Waals surface area contributed by atoms with Gasteiger partial charge in [0, 0.05) is 23.6 Å². The third-order valence-electron chi connectivity index (χ3n) is 5.52. The van der Waals surface area contributed by atoms with Crippen molar-refractivity contribution in [3.8, 4) is 11.4 Å². The molecular formula is C23H16F3N9O3. The van der Waals surface area contributed by atoms with Gasteiger partial charge in [0.05, 0.1) is 16.9 Å². The van der Waals surface area contributed by atoms with E-state index in [-0.39, 0.29) is 28.2 Å². The van der Waals surface area contributed by atoms with E-state index in [1.807, 2.05) is 0 Å². The van der Waals surface area contributed by atoms with Crippen molar-refractivity contribution in [3.05, 3.63) is 94.7 Å². The number of benzene rings is 2. The number of nitrogens with zero attached hydrogens (tertiary/aromatic N) is 6. The topological polar surface area (TPSA) is 160 Å². The number of carbonyl (C=O) groups is 1. The van der Waals surface area contributed by atoms with Gasteiger partial charge in [-0.3, -0.25) is 18.7 Å². The number of pyridine rings is 1. The lowest BCUT2D eigenvalue weighted by atomic mass is 10.1. The lowest BCUT2D eigenvalue weighted by Gasteiger charge is -2.15. The number of hydrogen-bond acceptors (Lipinski definition) is 7. The number of fused-ring (bicyclic) bond motifs is 1. The first-order valence-corrected chi connectivity index (χ1v) is 10.8. The van der Waals surface area contributed by atoms with E-state index in [0.29, 0.717) is 16.1 Å². The van der Waals surface area contributed by atoms with Crippen LogP contribution in [-0.2, 0) is 6.18 Å². The summed E-state index contributed by atoms with van der Waals surface area (Å²) >= 11 is 0. The average Bonchev–Trinajstić information content (AvgIpc) is 3.41. The summed E-state index contributed by atoms with van der Waals surface area (Å²) in [6, 6.07) is 9.60. The molecule has 0 unspecified atom stereocenters. The van der Waals surface area contributed by atoms with Gasteiger partial charge >= 0.3 is 12.2 Å². The van der Waals surface area contributed by atoms with Crippen molar-refractivity contribution in [3.63, 3.8) is 0 Å². The number of aromatic nitrogens is 6. The molecule has 2 aromatic carbocycles. The van der Waals surface area contributed by atoms with Crippen LogP contribution in [0.1, 0.15) is 5.56 Å². The molecule has 12 nitrogen and oxygen atoms in total. The van der Waals surface area contributed by atoms with Crippen LogP contribution >= 0.6 is 0 Å². The Balaban J connectivity index is 1.40. The molecule has 5 rings (SSSR count). The Morgan fingerprint density at radius 2 is 1.74 bits per heavy atom. The smallest absolute Gasteiger partial charge is 0.416 e. The minimum absolute atomic E-state index is 0.0448. The Morgan fingerprint density at radius 1 is 1.03 bits per heavy atom. The summed E-state index contributed by atoms with van der Waals surface area (Å²) in [5.41, 5.74) is 5.46. The SMILES string of the molecule is Nc1c2c(=O)ccn(-c3ccc(NC(=O)Nc4cc(C(F)(F)F)ccc4-n4cnnc4)cc3)c2nc[n+]1[O-]. The molecule has 0 aliphatic rings. The van der Waals surface area contributed by atoms with E-state index in [4.69, 9.17) is 5.73 Å². The standard InChI is InChI=1S/C23H16F3N9O3/c24-23(25,26)13-1-6-17(33-11-29-30-12-33)16(9-13)32-22(37)31-14-2-4-15(5-3-14)34-8-7-18(36)19-20(27)35(38)10-28-21(19)34/h1-12H,27H2,(H2,31,32,37). The number of rotatable bonds is 4. The highest BCUT2D eigenvalue weighted by atomic mass is 19.4. The summed E-state index contributed by atoms with van der Waals surface area (Å²) < 4.78 is 43.0. The molecule has 0 saturated heterocycles. The Bertz CT molecular complexity index is 1720. The summed E-state index contributed by atoms with van der Waals surface area (Å²) in [5.74, 6) is -0.287. The maximum Gasteiger partial charge on any atom is 0.416 e.